The van der Waals surface area contributed by atoms with Gasteiger partial charge in [-0.05, 0) is 69.5 Å². The highest BCUT2D eigenvalue weighted by molar-refractivity contribution is 6.09. The molecular formula is C35H40N4O5. The number of methoxy groups -OCH3 is 1. The average Bonchev–Trinajstić information content (AvgIpc) is 3.01. The molecule has 0 bridgehead atoms. The number of rotatable bonds is 12. The summed E-state index contributed by atoms with van der Waals surface area (Å²) in [7, 11) is 3.19. The van der Waals surface area contributed by atoms with Crippen LogP contribution in [0.15, 0.2) is 72.9 Å². The molecule has 0 atom stereocenters. The Kier molecular flexibility index (Phi) is 10.6. The third-order valence-corrected chi connectivity index (χ3v) is 6.93. The molecule has 0 spiro atoms. The summed E-state index contributed by atoms with van der Waals surface area (Å²) in [5.41, 5.74) is 4.25. The molecular weight excluding hydrogens is 556 g/mol. The van der Waals surface area contributed by atoms with Gasteiger partial charge in [-0.1, -0.05) is 36.8 Å². The number of hydrogen-bond donors (Lipinski definition) is 3. The first kappa shape index (κ1) is 32.0. The highest BCUT2D eigenvalue weighted by Crippen LogP contribution is 2.38. The highest BCUT2D eigenvalue weighted by atomic mass is 16.6. The Bertz CT molecular complexity index is 1610. The van der Waals surface area contributed by atoms with Gasteiger partial charge < -0.3 is 25.4 Å². The van der Waals surface area contributed by atoms with Gasteiger partial charge in [-0.15, -0.1) is 0 Å². The summed E-state index contributed by atoms with van der Waals surface area (Å²) in [5, 5.41) is 9.79. The second kappa shape index (κ2) is 14.5. The predicted octanol–water partition coefficient (Wildman–Crippen LogP) is 6.65. The SMILES string of the molecule is CNC(=O)c1cnc2cc(OC)c(-c3ccc(C(=O)NCCCCCC(=O)OC(C)(C)C)cc3)cc2c1Nc1ccccc1. The van der Waals surface area contributed by atoms with Gasteiger partial charge in [-0.2, -0.15) is 0 Å². The molecule has 9 heteroatoms. The van der Waals surface area contributed by atoms with Crippen molar-refractivity contribution in [2.75, 3.05) is 26.0 Å². The van der Waals surface area contributed by atoms with Gasteiger partial charge in [0.2, 0.25) is 0 Å². The van der Waals surface area contributed by atoms with E-state index < -0.39 is 5.60 Å². The van der Waals surface area contributed by atoms with Crippen molar-refractivity contribution in [2.45, 2.75) is 52.1 Å². The van der Waals surface area contributed by atoms with E-state index in [1.54, 1.807) is 32.5 Å². The lowest BCUT2D eigenvalue weighted by molar-refractivity contribution is -0.154. The van der Waals surface area contributed by atoms with Crippen LogP contribution in [0.2, 0.25) is 0 Å². The normalized spacial score (nSPS) is 11.1. The van der Waals surface area contributed by atoms with Gasteiger partial charge in [0.25, 0.3) is 11.8 Å². The molecule has 0 radical (unpaired) electrons. The molecule has 230 valence electrons. The lowest BCUT2D eigenvalue weighted by atomic mass is 9.98. The predicted molar refractivity (Wildman–Crippen MR) is 173 cm³/mol. The van der Waals surface area contributed by atoms with E-state index in [4.69, 9.17) is 9.47 Å². The molecule has 0 aliphatic carbocycles. The summed E-state index contributed by atoms with van der Waals surface area (Å²) in [6.07, 6.45) is 4.23. The largest absolute Gasteiger partial charge is 0.496 e. The van der Waals surface area contributed by atoms with Gasteiger partial charge in [0, 0.05) is 54.5 Å². The van der Waals surface area contributed by atoms with Gasteiger partial charge in [0.15, 0.2) is 0 Å². The number of fused-ring (bicyclic) bond motifs is 1. The number of nitrogens with one attached hydrogen (secondary N) is 3. The van der Waals surface area contributed by atoms with E-state index in [0.717, 1.165) is 41.5 Å². The molecule has 2 amide bonds. The van der Waals surface area contributed by atoms with Crippen molar-refractivity contribution in [3.63, 3.8) is 0 Å². The molecule has 3 aromatic carbocycles. The van der Waals surface area contributed by atoms with E-state index in [0.29, 0.717) is 41.0 Å². The number of esters is 1. The van der Waals surface area contributed by atoms with E-state index in [1.807, 2.05) is 75.4 Å². The Morgan fingerprint density at radius 2 is 1.61 bits per heavy atom. The zero-order valence-corrected chi connectivity index (χ0v) is 26.0. The minimum Gasteiger partial charge on any atom is -0.496 e. The van der Waals surface area contributed by atoms with Crippen LogP contribution in [0.4, 0.5) is 11.4 Å². The number of pyridine rings is 1. The van der Waals surface area contributed by atoms with Crippen molar-refractivity contribution in [3.8, 4) is 16.9 Å². The molecule has 0 aliphatic heterocycles. The van der Waals surface area contributed by atoms with E-state index in [1.165, 1.54) is 0 Å². The number of unbranched alkanes of at least 4 members (excludes halogenated alkanes) is 2. The van der Waals surface area contributed by atoms with Crippen LogP contribution in [0.25, 0.3) is 22.0 Å². The first-order valence-electron chi connectivity index (χ1n) is 14.7. The summed E-state index contributed by atoms with van der Waals surface area (Å²) < 4.78 is 11.0. The molecule has 0 fully saturated rings. The van der Waals surface area contributed by atoms with Crippen LogP contribution >= 0.6 is 0 Å². The molecule has 0 aliphatic rings. The Labute approximate surface area is 258 Å². The topological polar surface area (TPSA) is 119 Å². The minimum atomic E-state index is -0.476. The number of para-hydroxylation sites is 1. The molecule has 0 saturated heterocycles. The number of nitrogens with zero attached hydrogens (tertiary/aromatic N) is 1. The zero-order valence-electron chi connectivity index (χ0n) is 26.0. The van der Waals surface area contributed by atoms with Crippen LogP contribution in [0.3, 0.4) is 0 Å². The molecule has 44 heavy (non-hydrogen) atoms. The van der Waals surface area contributed by atoms with Crippen molar-refractivity contribution in [3.05, 3.63) is 84.1 Å². The minimum absolute atomic E-state index is 0.164. The van der Waals surface area contributed by atoms with Crippen molar-refractivity contribution in [2.24, 2.45) is 0 Å². The number of carbonyl (C=O) groups excluding carboxylic acids is 3. The number of hydrogen-bond acceptors (Lipinski definition) is 7. The Morgan fingerprint density at radius 1 is 0.886 bits per heavy atom. The fourth-order valence-electron chi connectivity index (χ4n) is 4.79. The fourth-order valence-corrected chi connectivity index (χ4v) is 4.79. The van der Waals surface area contributed by atoms with E-state index in [9.17, 15) is 14.4 Å². The van der Waals surface area contributed by atoms with Crippen molar-refractivity contribution in [1.29, 1.82) is 0 Å². The summed E-state index contributed by atoms with van der Waals surface area (Å²) >= 11 is 0. The van der Waals surface area contributed by atoms with Crippen LogP contribution in [-0.2, 0) is 9.53 Å². The molecule has 1 heterocycles. The highest BCUT2D eigenvalue weighted by Gasteiger charge is 2.19. The number of carbonyl (C=O) groups is 3. The third kappa shape index (κ3) is 8.34. The Morgan fingerprint density at radius 3 is 2.27 bits per heavy atom. The van der Waals surface area contributed by atoms with Gasteiger partial charge in [0.1, 0.15) is 11.4 Å². The first-order valence-corrected chi connectivity index (χ1v) is 14.7. The summed E-state index contributed by atoms with van der Waals surface area (Å²) in [4.78, 5) is 41.9. The van der Waals surface area contributed by atoms with Crippen LogP contribution in [0.5, 0.6) is 5.75 Å². The van der Waals surface area contributed by atoms with E-state index in [-0.39, 0.29) is 17.8 Å². The van der Waals surface area contributed by atoms with Gasteiger partial charge in [-0.3, -0.25) is 19.4 Å². The molecule has 9 nitrogen and oxygen atoms in total. The Balaban J connectivity index is 1.49. The van der Waals surface area contributed by atoms with Crippen molar-refractivity contribution in [1.82, 2.24) is 15.6 Å². The zero-order chi connectivity index (χ0) is 31.7. The average molecular weight is 597 g/mol. The van der Waals surface area contributed by atoms with Crippen LogP contribution in [-0.4, -0.2) is 49.1 Å². The van der Waals surface area contributed by atoms with Crippen molar-refractivity contribution < 1.29 is 23.9 Å². The molecule has 1 aromatic heterocycles. The molecule has 0 saturated carbocycles. The van der Waals surface area contributed by atoms with Crippen LogP contribution < -0.4 is 20.7 Å². The first-order chi connectivity index (χ1) is 21.1. The maximum Gasteiger partial charge on any atom is 0.306 e. The standard InChI is InChI=1S/C35H40N4O5/c1-35(2,3)44-31(40)14-10-7-11-19-37-33(41)24-17-15-23(16-18-24)26-20-27-29(21-30(26)43-5)38-22-28(34(42)36-4)32(27)39-25-12-8-6-9-13-25/h6,8-9,12-13,15-18,20-22H,7,10-11,14,19H2,1-5H3,(H,36,42)(H,37,41)(H,38,39). The summed E-state index contributed by atoms with van der Waals surface area (Å²) in [5.74, 6) is -0.0000100. The lowest BCUT2D eigenvalue weighted by Crippen LogP contribution is -2.24. The lowest BCUT2D eigenvalue weighted by Gasteiger charge is -2.19. The summed E-state index contributed by atoms with van der Waals surface area (Å²) in [6.45, 7) is 6.08. The number of benzene rings is 3. The molecule has 0 unspecified atom stereocenters. The smallest absolute Gasteiger partial charge is 0.306 e. The molecule has 3 N–H and O–H groups in total. The van der Waals surface area contributed by atoms with E-state index >= 15 is 0 Å². The maximum absolute atomic E-state index is 12.8. The number of aromatic nitrogens is 1. The molecule has 4 aromatic rings. The maximum atomic E-state index is 12.8. The number of ether oxygens (including phenoxy) is 2. The molecule has 4 rings (SSSR count). The quantitative estimate of drug-likeness (QED) is 0.124. The summed E-state index contributed by atoms with van der Waals surface area (Å²) in [6, 6.07) is 20.7. The number of anilines is 2. The van der Waals surface area contributed by atoms with Gasteiger partial charge >= 0.3 is 5.97 Å². The second-order valence-corrected chi connectivity index (χ2v) is 11.4. The third-order valence-electron chi connectivity index (χ3n) is 6.93. The fraction of sp³-hybridized carbons (Fsp3) is 0.314. The second-order valence-electron chi connectivity index (χ2n) is 11.4. The number of amides is 2. The van der Waals surface area contributed by atoms with Crippen molar-refractivity contribution >= 4 is 40.1 Å². The van der Waals surface area contributed by atoms with Gasteiger partial charge in [0.05, 0.1) is 23.9 Å². The van der Waals surface area contributed by atoms with Crippen LogP contribution in [0.1, 0.15) is 67.2 Å². The van der Waals surface area contributed by atoms with Gasteiger partial charge in [-0.25, -0.2) is 0 Å². The van der Waals surface area contributed by atoms with E-state index in [2.05, 4.69) is 20.9 Å². The Hall–Kier alpha value is -4.92. The monoisotopic (exact) mass is 596 g/mol. The van der Waals surface area contributed by atoms with Crippen LogP contribution in [0, 0.1) is 0 Å².